The average molecular weight is 433 g/mol. The maximum absolute atomic E-state index is 12.5. The van der Waals surface area contributed by atoms with Gasteiger partial charge in [0.1, 0.15) is 11.5 Å². The minimum absolute atomic E-state index is 0.110. The molecule has 0 unspecified atom stereocenters. The number of fused-ring (bicyclic) bond motifs is 1. The summed E-state index contributed by atoms with van der Waals surface area (Å²) in [5.74, 6) is -0.251. The Morgan fingerprint density at radius 2 is 1.77 bits per heavy atom. The lowest BCUT2D eigenvalue weighted by atomic mass is 10.1. The van der Waals surface area contributed by atoms with E-state index in [4.69, 9.17) is 21.4 Å². The quantitative estimate of drug-likeness (QED) is 0.416. The average Bonchev–Trinajstić information content (AvgIpc) is 2.76. The van der Waals surface area contributed by atoms with Gasteiger partial charge in [0.25, 0.3) is 5.91 Å². The Bertz CT molecular complexity index is 1270. The fourth-order valence-electron chi connectivity index (χ4n) is 3.04. The Kier molecular flexibility index (Phi) is 5.82. The molecule has 0 aliphatic heterocycles. The summed E-state index contributed by atoms with van der Waals surface area (Å²) in [7, 11) is 0. The number of pyridine rings is 1. The number of anilines is 1. The van der Waals surface area contributed by atoms with Crippen LogP contribution in [0.5, 0.6) is 11.5 Å². The van der Waals surface area contributed by atoms with Crippen molar-refractivity contribution in [3.05, 3.63) is 95.1 Å². The number of halogens is 1. The number of carbonyl (C=O) groups excluding carboxylic acids is 1. The predicted molar refractivity (Wildman–Crippen MR) is 119 cm³/mol. The molecular formula is C24H17ClN2O4. The molecule has 0 saturated heterocycles. The summed E-state index contributed by atoms with van der Waals surface area (Å²) >= 11 is 6.19. The summed E-state index contributed by atoms with van der Waals surface area (Å²) in [6.07, 6.45) is 1.44. The van der Waals surface area contributed by atoms with E-state index in [0.29, 0.717) is 33.3 Å². The standard InChI is InChI=1S/C24H17ClN2O4/c25-20-11-15(12-23(28)29)5-10-22(20)31-19-8-6-18(7-9-19)27-24(30)17-13-16-3-1-2-4-21(16)26-14-17/h1-11,13-14H,12H2,(H,27,30)(H,28,29). The monoisotopic (exact) mass is 432 g/mol. The third kappa shape index (κ3) is 4.99. The largest absolute Gasteiger partial charge is 0.481 e. The highest BCUT2D eigenvalue weighted by Crippen LogP contribution is 2.31. The molecule has 0 atom stereocenters. The molecular weight excluding hydrogens is 416 g/mol. The third-order valence-electron chi connectivity index (χ3n) is 4.54. The van der Waals surface area contributed by atoms with Crippen molar-refractivity contribution >= 4 is 40.1 Å². The number of para-hydroxylation sites is 1. The van der Waals surface area contributed by atoms with Gasteiger partial charge in [0.05, 0.1) is 22.5 Å². The molecule has 6 nitrogen and oxygen atoms in total. The number of amides is 1. The molecule has 0 bridgehead atoms. The zero-order valence-electron chi connectivity index (χ0n) is 16.2. The van der Waals surface area contributed by atoms with Crippen LogP contribution < -0.4 is 10.1 Å². The first-order valence-electron chi connectivity index (χ1n) is 9.42. The molecule has 0 aliphatic carbocycles. The highest BCUT2D eigenvalue weighted by atomic mass is 35.5. The summed E-state index contributed by atoms with van der Waals surface area (Å²) in [5.41, 5.74) is 2.49. The highest BCUT2D eigenvalue weighted by molar-refractivity contribution is 6.32. The van der Waals surface area contributed by atoms with E-state index in [0.717, 1.165) is 10.9 Å². The molecule has 1 amide bonds. The van der Waals surface area contributed by atoms with Crippen LogP contribution in [0.3, 0.4) is 0 Å². The van der Waals surface area contributed by atoms with Gasteiger partial charge in [-0.1, -0.05) is 35.9 Å². The first-order chi connectivity index (χ1) is 15.0. The van der Waals surface area contributed by atoms with Crippen LogP contribution in [0.2, 0.25) is 5.02 Å². The third-order valence-corrected chi connectivity index (χ3v) is 4.84. The van der Waals surface area contributed by atoms with E-state index in [-0.39, 0.29) is 12.3 Å². The van der Waals surface area contributed by atoms with Crippen molar-refractivity contribution in [1.29, 1.82) is 0 Å². The number of rotatable bonds is 6. The van der Waals surface area contributed by atoms with Gasteiger partial charge in [0, 0.05) is 17.3 Å². The smallest absolute Gasteiger partial charge is 0.307 e. The number of carbonyl (C=O) groups is 2. The Labute approximate surface area is 183 Å². The SMILES string of the molecule is O=C(O)Cc1ccc(Oc2ccc(NC(=O)c3cnc4ccccc4c3)cc2)c(Cl)c1. The predicted octanol–water partition coefficient (Wildman–Crippen LogP) is 5.56. The second kappa shape index (κ2) is 8.85. The lowest BCUT2D eigenvalue weighted by Crippen LogP contribution is -2.12. The Hall–Kier alpha value is -3.90. The molecule has 31 heavy (non-hydrogen) atoms. The number of nitrogens with zero attached hydrogens (tertiary/aromatic N) is 1. The summed E-state index contributed by atoms with van der Waals surface area (Å²) in [4.78, 5) is 27.7. The Morgan fingerprint density at radius 3 is 2.52 bits per heavy atom. The first kappa shape index (κ1) is 20.4. The van der Waals surface area contributed by atoms with Gasteiger partial charge in [-0.05, 0) is 54.1 Å². The van der Waals surface area contributed by atoms with E-state index in [9.17, 15) is 9.59 Å². The second-order valence-electron chi connectivity index (χ2n) is 6.83. The molecule has 3 aromatic carbocycles. The lowest BCUT2D eigenvalue weighted by Gasteiger charge is -2.10. The number of hydrogen-bond acceptors (Lipinski definition) is 4. The first-order valence-corrected chi connectivity index (χ1v) is 9.80. The van der Waals surface area contributed by atoms with E-state index in [1.807, 2.05) is 24.3 Å². The summed E-state index contributed by atoms with van der Waals surface area (Å²) in [6.45, 7) is 0. The number of aromatic nitrogens is 1. The van der Waals surface area contributed by atoms with E-state index in [1.165, 1.54) is 0 Å². The van der Waals surface area contributed by atoms with Crippen molar-refractivity contribution in [2.45, 2.75) is 6.42 Å². The van der Waals surface area contributed by atoms with E-state index < -0.39 is 5.97 Å². The molecule has 0 radical (unpaired) electrons. The van der Waals surface area contributed by atoms with Gasteiger partial charge in [-0.15, -0.1) is 0 Å². The van der Waals surface area contributed by atoms with Gasteiger partial charge in [0.2, 0.25) is 0 Å². The van der Waals surface area contributed by atoms with Gasteiger partial charge in [-0.3, -0.25) is 14.6 Å². The number of aliphatic carboxylic acids is 1. The fourth-order valence-corrected chi connectivity index (χ4v) is 3.29. The van der Waals surface area contributed by atoms with Crippen LogP contribution in [0.15, 0.2) is 79.0 Å². The van der Waals surface area contributed by atoms with Crippen LogP contribution in [0, 0.1) is 0 Å². The van der Waals surface area contributed by atoms with E-state index in [2.05, 4.69) is 10.3 Å². The molecule has 154 valence electrons. The minimum atomic E-state index is -0.929. The van der Waals surface area contributed by atoms with E-state index in [1.54, 1.807) is 54.7 Å². The Balaban J connectivity index is 1.43. The second-order valence-corrected chi connectivity index (χ2v) is 7.24. The molecule has 0 saturated carbocycles. The van der Waals surface area contributed by atoms with Crippen LogP contribution in [-0.2, 0) is 11.2 Å². The zero-order chi connectivity index (χ0) is 21.8. The van der Waals surface area contributed by atoms with Gasteiger partial charge in [-0.25, -0.2) is 0 Å². The number of benzene rings is 3. The van der Waals surface area contributed by atoms with Gasteiger partial charge in [-0.2, -0.15) is 0 Å². The minimum Gasteiger partial charge on any atom is -0.481 e. The van der Waals surface area contributed by atoms with Crippen LogP contribution in [0.25, 0.3) is 10.9 Å². The van der Waals surface area contributed by atoms with Crippen molar-refractivity contribution in [2.24, 2.45) is 0 Å². The topological polar surface area (TPSA) is 88.5 Å². The number of nitrogens with one attached hydrogen (secondary N) is 1. The normalized spacial score (nSPS) is 10.6. The van der Waals surface area contributed by atoms with Gasteiger partial charge >= 0.3 is 5.97 Å². The van der Waals surface area contributed by atoms with Crippen LogP contribution in [-0.4, -0.2) is 22.0 Å². The van der Waals surface area contributed by atoms with Crippen molar-refractivity contribution in [3.8, 4) is 11.5 Å². The van der Waals surface area contributed by atoms with Gasteiger partial charge < -0.3 is 15.2 Å². The van der Waals surface area contributed by atoms with Gasteiger partial charge in [0.15, 0.2) is 0 Å². The number of carboxylic acid groups (broad SMARTS) is 1. The van der Waals surface area contributed by atoms with Crippen molar-refractivity contribution in [2.75, 3.05) is 5.32 Å². The maximum atomic E-state index is 12.5. The Morgan fingerprint density at radius 1 is 1.00 bits per heavy atom. The summed E-state index contributed by atoms with van der Waals surface area (Å²) in [5, 5.41) is 12.9. The molecule has 1 heterocycles. The maximum Gasteiger partial charge on any atom is 0.307 e. The lowest BCUT2D eigenvalue weighted by molar-refractivity contribution is -0.136. The number of carboxylic acids is 1. The molecule has 2 N–H and O–H groups in total. The molecule has 7 heteroatoms. The molecule has 0 spiro atoms. The molecule has 1 aromatic heterocycles. The number of ether oxygens (including phenoxy) is 1. The van der Waals surface area contributed by atoms with Crippen LogP contribution >= 0.6 is 11.6 Å². The van der Waals surface area contributed by atoms with Crippen LogP contribution in [0.4, 0.5) is 5.69 Å². The highest BCUT2D eigenvalue weighted by Gasteiger charge is 2.10. The molecule has 0 aliphatic rings. The van der Waals surface area contributed by atoms with Crippen molar-refractivity contribution < 1.29 is 19.4 Å². The molecule has 0 fully saturated rings. The van der Waals surface area contributed by atoms with Crippen molar-refractivity contribution in [3.63, 3.8) is 0 Å². The molecule has 4 aromatic rings. The van der Waals surface area contributed by atoms with Crippen molar-refractivity contribution in [1.82, 2.24) is 4.98 Å². The molecule has 4 rings (SSSR count). The van der Waals surface area contributed by atoms with Crippen LogP contribution in [0.1, 0.15) is 15.9 Å². The summed E-state index contributed by atoms with van der Waals surface area (Å²) in [6, 6.07) is 21.1. The van der Waals surface area contributed by atoms with E-state index >= 15 is 0 Å². The number of hydrogen-bond donors (Lipinski definition) is 2. The summed E-state index contributed by atoms with van der Waals surface area (Å²) < 4.78 is 5.76. The fraction of sp³-hybridized carbons (Fsp3) is 0.0417. The zero-order valence-corrected chi connectivity index (χ0v) is 17.0.